The van der Waals surface area contributed by atoms with Gasteiger partial charge in [-0.05, 0) is 45.8 Å². The molecule has 112 valence electrons. The van der Waals surface area contributed by atoms with E-state index in [4.69, 9.17) is 5.84 Å². The Hall–Kier alpha value is -1.51. The number of pyridine rings is 1. The van der Waals surface area contributed by atoms with E-state index in [2.05, 4.69) is 26.3 Å². The van der Waals surface area contributed by atoms with Crippen LogP contribution in [-0.4, -0.2) is 4.98 Å². The number of hydrogen-bond acceptors (Lipinski definition) is 3. The zero-order valence-corrected chi connectivity index (χ0v) is 12.0. The van der Waals surface area contributed by atoms with Crippen LogP contribution in [0.5, 0.6) is 0 Å². The fourth-order valence-corrected chi connectivity index (χ4v) is 2.37. The number of hydrogen-bond donors (Lipinski definition) is 2. The summed E-state index contributed by atoms with van der Waals surface area (Å²) in [7, 11) is 0. The van der Waals surface area contributed by atoms with Crippen LogP contribution in [0.15, 0.2) is 41.0 Å². The van der Waals surface area contributed by atoms with E-state index >= 15 is 0 Å². The molecule has 0 saturated carbocycles. The minimum Gasteiger partial charge on any atom is -0.271 e. The monoisotopic (exact) mass is 363 g/mol. The van der Waals surface area contributed by atoms with E-state index in [0.29, 0.717) is 16.2 Å². The molecule has 21 heavy (non-hydrogen) atoms. The Morgan fingerprint density at radius 3 is 2.48 bits per heavy atom. The van der Waals surface area contributed by atoms with Gasteiger partial charge in [-0.1, -0.05) is 6.07 Å². The van der Waals surface area contributed by atoms with Crippen LogP contribution in [0, 0.1) is 5.82 Å². The molecule has 0 aliphatic heterocycles. The molecule has 2 rings (SSSR count). The standard InChI is InChI=1S/C13H10BrF4N3/c14-9-2-1-5-20-12(9)11(21-19)7-3-4-8(10(15)6-7)13(16,17)18/h1-6,11,21H,19H2. The number of alkyl halides is 3. The average Bonchev–Trinajstić information content (AvgIpc) is 2.40. The van der Waals surface area contributed by atoms with E-state index in [-0.39, 0.29) is 5.56 Å². The van der Waals surface area contributed by atoms with Gasteiger partial charge in [-0.2, -0.15) is 13.2 Å². The Kier molecular flexibility index (Phi) is 4.60. The van der Waals surface area contributed by atoms with E-state index < -0.39 is 23.6 Å². The zero-order chi connectivity index (χ0) is 15.6. The minimum atomic E-state index is -4.74. The molecule has 1 aromatic carbocycles. The number of aromatic nitrogens is 1. The molecule has 3 nitrogen and oxygen atoms in total. The molecule has 1 unspecified atom stereocenters. The van der Waals surface area contributed by atoms with Crippen LogP contribution in [0.1, 0.15) is 22.9 Å². The second-order valence-electron chi connectivity index (χ2n) is 4.21. The first-order valence-electron chi connectivity index (χ1n) is 5.77. The summed E-state index contributed by atoms with van der Waals surface area (Å²) < 4.78 is 51.9. The van der Waals surface area contributed by atoms with Crippen LogP contribution in [0.4, 0.5) is 17.6 Å². The second kappa shape index (κ2) is 6.08. The maximum Gasteiger partial charge on any atom is 0.419 e. The van der Waals surface area contributed by atoms with Crippen molar-refractivity contribution in [3.63, 3.8) is 0 Å². The molecule has 0 spiro atoms. The van der Waals surface area contributed by atoms with Gasteiger partial charge in [0.1, 0.15) is 5.82 Å². The highest BCUT2D eigenvalue weighted by atomic mass is 79.9. The SMILES string of the molecule is NNC(c1ccc(C(F)(F)F)c(F)c1)c1ncccc1Br. The van der Waals surface area contributed by atoms with Crippen molar-refractivity contribution < 1.29 is 17.6 Å². The van der Waals surface area contributed by atoms with E-state index in [9.17, 15) is 17.6 Å². The number of nitrogens with two attached hydrogens (primary N) is 1. The molecule has 0 aliphatic carbocycles. The van der Waals surface area contributed by atoms with E-state index in [1.807, 2.05) is 0 Å². The molecule has 2 aromatic rings. The first-order chi connectivity index (χ1) is 9.84. The summed E-state index contributed by atoms with van der Waals surface area (Å²) >= 11 is 3.27. The van der Waals surface area contributed by atoms with Gasteiger partial charge in [-0.25, -0.2) is 9.82 Å². The fraction of sp³-hybridized carbons (Fsp3) is 0.154. The molecule has 1 heterocycles. The maximum atomic E-state index is 13.6. The van der Waals surface area contributed by atoms with Crippen molar-refractivity contribution in [2.24, 2.45) is 5.84 Å². The molecule has 0 radical (unpaired) electrons. The number of rotatable bonds is 3. The van der Waals surface area contributed by atoms with Crippen LogP contribution in [0.3, 0.4) is 0 Å². The summed E-state index contributed by atoms with van der Waals surface area (Å²) in [6, 6.07) is 5.29. The van der Waals surface area contributed by atoms with Gasteiger partial charge < -0.3 is 0 Å². The predicted octanol–water partition coefficient (Wildman–Crippen LogP) is 3.55. The Balaban J connectivity index is 2.45. The summed E-state index contributed by atoms with van der Waals surface area (Å²) in [5.41, 5.74) is 1.78. The van der Waals surface area contributed by atoms with Gasteiger partial charge in [0, 0.05) is 10.7 Å². The Bertz CT molecular complexity index is 646. The zero-order valence-electron chi connectivity index (χ0n) is 10.5. The highest BCUT2D eigenvalue weighted by molar-refractivity contribution is 9.10. The lowest BCUT2D eigenvalue weighted by atomic mass is 10.0. The van der Waals surface area contributed by atoms with Crippen LogP contribution in [-0.2, 0) is 6.18 Å². The van der Waals surface area contributed by atoms with Gasteiger partial charge in [0.2, 0.25) is 0 Å². The number of nitrogens with zero attached hydrogens (tertiary/aromatic N) is 1. The molecule has 0 saturated heterocycles. The molecule has 0 aliphatic rings. The first kappa shape index (κ1) is 15.9. The molecule has 1 aromatic heterocycles. The Labute approximate surface area is 126 Å². The van der Waals surface area contributed by atoms with Gasteiger partial charge in [-0.15, -0.1) is 0 Å². The smallest absolute Gasteiger partial charge is 0.271 e. The summed E-state index contributed by atoms with van der Waals surface area (Å²) in [6.07, 6.45) is -3.23. The number of nitrogens with one attached hydrogen (secondary N) is 1. The second-order valence-corrected chi connectivity index (χ2v) is 5.06. The summed E-state index contributed by atoms with van der Waals surface area (Å²) in [5, 5.41) is 0. The van der Waals surface area contributed by atoms with Crippen LogP contribution < -0.4 is 11.3 Å². The van der Waals surface area contributed by atoms with Gasteiger partial charge in [0.05, 0.1) is 17.3 Å². The summed E-state index contributed by atoms with van der Waals surface area (Å²) in [5.74, 6) is 4.07. The number of benzene rings is 1. The Morgan fingerprint density at radius 2 is 1.95 bits per heavy atom. The maximum absolute atomic E-state index is 13.6. The third-order valence-corrected chi connectivity index (χ3v) is 3.53. The first-order valence-corrected chi connectivity index (χ1v) is 6.57. The van der Waals surface area contributed by atoms with Crippen molar-refractivity contribution in [3.8, 4) is 0 Å². The third kappa shape index (κ3) is 3.39. The van der Waals surface area contributed by atoms with E-state index in [1.54, 1.807) is 12.1 Å². The largest absolute Gasteiger partial charge is 0.419 e. The van der Waals surface area contributed by atoms with Crippen molar-refractivity contribution in [1.82, 2.24) is 10.4 Å². The molecule has 0 amide bonds. The molecule has 3 N–H and O–H groups in total. The highest BCUT2D eigenvalue weighted by Gasteiger charge is 2.34. The number of halogens is 5. The van der Waals surface area contributed by atoms with Crippen LogP contribution >= 0.6 is 15.9 Å². The summed E-state index contributed by atoms with van der Waals surface area (Å²) in [4.78, 5) is 4.09. The third-order valence-electron chi connectivity index (χ3n) is 2.86. The average molecular weight is 364 g/mol. The van der Waals surface area contributed by atoms with Crippen molar-refractivity contribution in [2.45, 2.75) is 12.2 Å². The van der Waals surface area contributed by atoms with Crippen molar-refractivity contribution >= 4 is 15.9 Å². The highest BCUT2D eigenvalue weighted by Crippen LogP contribution is 2.33. The van der Waals surface area contributed by atoms with Crippen molar-refractivity contribution in [2.75, 3.05) is 0 Å². The van der Waals surface area contributed by atoms with Gasteiger partial charge in [0.25, 0.3) is 0 Å². The van der Waals surface area contributed by atoms with E-state index in [1.165, 1.54) is 6.20 Å². The lowest BCUT2D eigenvalue weighted by molar-refractivity contribution is -0.140. The molecular formula is C13H10BrF4N3. The molecule has 8 heteroatoms. The quantitative estimate of drug-likeness (QED) is 0.498. The molecule has 1 atom stereocenters. The van der Waals surface area contributed by atoms with Crippen molar-refractivity contribution in [1.29, 1.82) is 0 Å². The lowest BCUT2D eigenvalue weighted by Gasteiger charge is -2.18. The van der Waals surface area contributed by atoms with Crippen molar-refractivity contribution in [3.05, 3.63) is 63.6 Å². The van der Waals surface area contributed by atoms with Gasteiger partial charge >= 0.3 is 6.18 Å². The summed E-state index contributed by atoms with van der Waals surface area (Å²) in [6.45, 7) is 0. The molecule has 0 fully saturated rings. The van der Waals surface area contributed by atoms with E-state index in [0.717, 1.165) is 12.1 Å². The fourth-order valence-electron chi connectivity index (χ4n) is 1.88. The van der Waals surface area contributed by atoms with Gasteiger partial charge in [-0.3, -0.25) is 10.8 Å². The van der Waals surface area contributed by atoms with Crippen LogP contribution in [0.2, 0.25) is 0 Å². The lowest BCUT2D eigenvalue weighted by Crippen LogP contribution is -2.30. The minimum absolute atomic E-state index is 0.238. The molecule has 0 bridgehead atoms. The van der Waals surface area contributed by atoms with Gasteiger partial charge in [0.15, 0.2) is 0 Å². The number of hydrazine groups is 1. The predicted molar refractivity (Wildman–Crippen MR) is 72.5 cm³/mol. The topological polar surface area (TPSA) is 50.9 Å². The molecular weight excluding hydrogens is 354 g/mol. The Morgan fingerprint density at radius 1 is 1.24 bits per heavy atom. The van der Waals surface area contributed by atoms with Crippen LogP contribution in [0.25, 0.3) is 0 Å². The normalized spacial score (nSPS) is 13.2.